The summed E-state index contributed by atoms with van der Waals surface area (Å²) in [5.41, 5.74) is 10.5. The van der Waals surface area contributed by atoms with E-state index in [1.54, 1.807) is 20.8 Å². The molecule has 0 bridgehead atoms. The number of carbonyl (C=O) groups excluding carboxylic acids is 2. The largest absolute Gasteiger partial charge is 0.479 e. The fourth-order valence-corrected chi connectivity index (χ4v) is 5.31. The molecule has 0 saturated heterocycles. The van der Waals surface area contributed by atoms with Crippen LogP contribution in [0, 0.1) is 5.41 Å². The summed E-state index contributed by atoms with van der Waals surface area (Å²) >= 11 is 0.889. The number of aromatic nitrogens is 2. The van der Waals surface area contributed by atoms with Crippen LogP contribution in [0.5, 0.6) is 5.88 Å². The summed E-state index contributed by atoms with van der Waals surface area (Å²) in [6, 6.07) is 0. The van der Waals surface area contributed by atoms with E-state index in [2.05, 4.69) is 20.0 Å². The first-order chi connectivity index (χ1) is 20.2. The van der Waals surface area contributed by atoms with Gasteiger partial charge in [-0.2, -0.15) is 9.97 Å². The van der Waals surface area contributed by atoms with Gasteiger partial charge in [0.15, 0.2) is 16.6 Å². The average Bonchev–Trinajstić information content (AvgIpc) is 2.96. The van der Waals surface area contributed by atoms with Crippen LogP contribution in [0.4, 0.5) is 17.5 Å². The molecule has 246 valence electrons. The molecule has 1 heterocycles. The number of aliphatic hydroxyl groups excluding tert-OH is 3. The van der Waals surface area contributed by atoms with Gasteiger partial charge in [0, 0.05) is 32.0 Å². The number of hydrogen-bond donors (Lipinski definition) is 6. The zero-order valence-electron chi connectivity index (χ0n) is 24.9. The van der Waals surface area contributed by atoms with Crippen LogP contribution in [0.15, 0.2) is 4.99 Å². The Morgan fingerprint density at radius 2 is 1.91 bits per heavy atom. The van der Waals surface area contributed by atoms with Crippen molar-refractivity contribution in [2.24, 2.45) is 10.4 Å². The van der Waals surface area contributed by atoms with Crippen LogP contribution in [-0.4, -0.2) is 114 Å². The number of nitrogens with one attached hydrogen (secondary N) is 1. The summed E-state index contributed by atoms with van der Waals surface area (Å²) in [5, 5.41) is 32.8. The van der Waals surface area contributed by atoms with Gasteiger partial charge in [0.1, 0.15) is 12.2 Å². The average molecular weight is 655 g/mol. The molecule has 0 radical (unpaired) electrons. The number of hydrogen-bond acceptors (Lipinski definition) is 17. The van der Waals surface area contributed by atoms with Crippen molar-refractivity contribution < 1.29 is 52.7 Å². The molecule has 8 N–H and O–H groups in total. The number of thioether (sulfide) groups is 1. The second-order valence-electron chi connectivity index (χ2n) is 9.47. The van der Waals surface area contributed by atoms with E-state index < -0.39 is 44.0 Å². The maximum atomic E-state index is 13.4. The normalized spacial score (nSPS) is 15.5. The van der Waals surface area contributed by atoms with E-state index in [4.69, 9.17) is 34.7 Å². The Labute approximate surface area is 254 Å². The van der Waals surface area contributed by atoms with Gasteiger partial charge in [0.25, 0.3) is 0 Å². The minimum Gasteiger partial charge on any atom is -0.479 e. The summed E-state index contributed by atoms with van der Waals surface area (Å²) in [7, 11) is -1.51. The van der Waals surface area contributed by atoms with Gasteiger partial charge in [0.05, 0.1) is 51.5 Å². The lowest BCUT2D eigenvalue weighted by Crippen LogP contribution is -2.41. The number of anilines is 2. The van der Waals surface area contributed by atoms with E-state index in [-0.39, 0.29) is 73.4 Å². The van der Waals surface area contributed by atoms with Crippen LogP contribution in [0.2, 0.25) is 0 Å². The topological polar surface area (TPSA) is 260 Å². The third kappa shape index (κ3) is 13.4. The number of esters is 1. The maximum Gasteiger partial charge on any atom is 0.405 e. The lowest BCUT2D eigenvalue weighted by Gasteiger charge is -2.27. The van der Waals surface area contributed by atoms with Crippen LogP contribution in [0.3, 0.4) is 0 Å². The predicted octanol–water partition coefficient (Wildman–Crippen LogP) is 0.441. The fraction of sp³-hybridized carbons (Fsp3) is 0.708. The first-order valence-corrected chi connectivity index (χ1v) is 15.7. The monoisotopic (exact) mass is 654 g/mol. The molecule has 0 spiro atoms. The van der Waals surface area contributed by atoms with E-state index in [1.165, 1.54) is 20.4 Å². The Bertz CT molecular complexity index is 1110. The highest BCUT2D eigenvalue weighted by atomic mass is 32.2. The summed E-state index contributed by atoms with van der Waals surface area (Å²) in [6.45, 7) is 3.84. The standard InChI is InChI=1S/C24H43N6O11PS/c1-6-39-17(33)8-10-28-42(36,40-11-12-43-22(35)24(2,3)14-31)41-13-16(37-4)19(34)15(32)7-9-27-18-20(25)29-23(26)30-21(18)38-5/h9,15-16,19,31-32,34H,6-8,10-14H2,1-5H3,(H,28,36)(H4,25,26,29,30)/t15-,16?,19?,42?/m1/s1. The van der Waals surface area contributed by atoms with Gasteiger partial charge >= 0.3 is 13.7 Å². The summed E-state index contributed by atoms with van der Waals surface area (Å²) in [6.07, 6.45) is -3.15. The minimum absolute atomic E-state index is 0.0190. The van der Waals surface area contributed by atoms with Gasteiger partial charge in [-0.15, -0.1) is 0 Å². The number of nitrogen functional groups attached to an aromatic ring is 2. The Balaban J connectivity index is 2.84. The lowest BCUT2D eigenvalue weighted by atomic mass is 9.97. The maximum absolute atomic E-state index is 13.4. The van der Waals surface area contributed by atoms with Crippen molar-refractivity contribution in [1.82, 2.24) is 15.1 Å². The SMILES string of the molecule is CCOC(=O)CCNP(=O)(OCCSC(=O)C(C)(C)CO)OCC(OC)C(O)[C@H](O)CC=Nc1c(N)nc(N)nc1OC. The van der Waals surface area contributed by atoms with E-state index in [0.717, 1.165) is 11.8 Å². The van der Waals surface area contributed by atoms with Gasteiger partial charge in [-0.1, -0.05) is 11.8 Å². The van der Waals surface area contributed by atoms with Crippen molar-refractivity contribution in [3.05, 3.63) is 0 Å². The fourth-order valence-electron chi connectivity index (χ4n) is 3.06. The highest BCUT2D eigenvalue weighted by Gasteiger charge is 2.32. The van der Waals surface area contributed by atoms with Gasteiger partial charge in [0.2, 0.25) is 11.8 Å². The zero-order valence-corrected chi connectivity index (χ0v) is 26.6. The Morgan fingerprint density at radius 1 is 1.21 bits per heavy atom. The number of methoxy groups -OCH3 is 2. The van der Waals surface area contributed by atoms with Gasteiger partial charge < -0.3 is 41.0 Å². The predicted molar refractivity (Wildman–Crippen MR) is 160 cm³/mol. The van der Waals surface area contributed by atoms with Crippen LogP contribution in [0.25, 0.3) is 0 Å². The van der Waals surface area contributed by atoms with E-state index in [9.17, 15) is 29.5 Å². The third-order valence-corrected chi connectivity index (χ3v) is 8.42. The highest BCUT2D eigenvalue weighted by molar-refractivity contribution is 8.13. The van der Waals surface area contributed by atoms with Crippen molar-refractivity contribution in [2.45, 2.75) is 51.9 Å². The Hall–Kier alpha value is -2.41. The smallest absolute Gasteiger partial charge is 0.405 e. The van der Waals surface area contributed by atoms with E-state index in [0.29, 0.717) is 0 Å². The Morgan fingerprint density at radius 3 is 2.51 bits per heavy atom. The van der Waals surface area contributed by atoms with Crippen molar-refractivity contribution in [3.63, 3.8) is 0 Å². The minimum atomic E-state index is -4.10. The number of ether oxygens (including phenoxy) is 3. The molecule has 19 heteroatoms. The molecular formula is C24H43N6O11PS. The molecule has 0 aliphatic carbocycles. The molecule has 0 aromatic carbocycles. The third-order valence-electron chi connectivity index (χ3n) is 5.61. The molecule has 43 heavy (non-hydrogen) atoms. The van der Waals surface area contributed by atoms with Crippen LogP contribution in [-0.2, 0) is 32.7 Å². The van der Waals surface area contributed by atoms with Gasteiger partial charge in [-0.3, -0.25) is 23.6 Å². The molecule has 1 aromatic heterocycles. The van der Waals surface area contributed by atoms with Crippen molar-refractivity contribution in [2.75, 3.05) is 64.4 Å². The molecule has 1 aromatic rings. The molecule has 0 aliphatic heterocycles. The molecule has 4 atom stereocenters. The van der Waals surface area contributed by atoms with Crippen molar-refractivity contribution in [3.8, 4) is 5.88 Å². The molecule has 0 saturated carbocycles. The molecule has 0 fully saturated rings. The van der Waals surface area contributed by atoms with Crippen LogP contribution in [0.1, 0.15) is 33.6 Å². The second-order valence-corrected chi connectivity index (χ2v) is 12.4. The lowest BCUT2D eigenvalue weighted by molar-refractivity contribution is -0.142. The number of rotatable bonds is 21. The first-order valence-electron chi connectivity index (χ1n) is 13.2. The number of carbonyl (C=O) groups is 2. The van der Waals surface area contributed by atoms with Gasteiger partial charge in [-0.25, -0.2) is 9.65 Å². The molecule has 3 unspecified atom stereocenters. The van der Waals surface area contributed by atoms with E-state index >= 15 is 0 Å². The first kappa shape index (κ1) is 38.6. The summed E-state index contributed by atoms with van der Waals surface area (Å²) in [5.74, 6) is -0.580. The molecule has 0 aliphatic rings. The number of aliphatic hydroxyl groups is 3. The molecule has 0 amide bonds. The van der Waals surface area contributed by atoms with Crippen LogP contribution < -0.4 is 21.3 Å². The Kier molecular flexibility index (Phi) is 17.1. The van der Waals surface area contributed by atoms with Gasteiger partial charge in [-0.05, 0) is 20.8 Å². The van der Waals surface area contributed by atoms with Crippen molar-refractivity contribution in [1.29, 1.82) is 0 Å². The number of nitrogens with zero attached hydrogens (tertiary/aromatic N) is 3. The molecular weight excluding hydrogens is 611 g/mol. The highest BCUT2D eigenvalue weighted by Crippen LogP contribution is 2.44. The summed E-state index contributed by atoms with van der Waals surface area (Å²) < 4.78 is 39.5. The number of nitrogens with two attached hydrogens (primary N) is 2. The van der Waals surface area contributed by atoms with E-state index in [1.807, 2.05) is 0 Å². The summed E-state index contributed by atoms with van der Waals surface area (Å²) in [4.78, 5) is 35.7. The van der Waals surface area contributed by atoms with Crippen molar-refractivity contribution >= 4 is 54.3 Å². The quantitative estimate of drug-likeness (QED) is 0.0454. The zero-order chi connectivity index (χ0) is 32.6. The second kappa shape index (κ2) is 19.1. The number of aliphatic imine (C=N–C) groups is 1. The molecule has 1 rings (SSSR count). The molecule has 17 nitrogen and oxygen atoms in total. The van der Waals surface area contributed by atoms with Crippen LogP contribution >= 0.6 is 19.5 Å².